The van der Waals surface area contributed by atoms with Crippen LogP contribution in [0.3, 0.4) is 0 Å². The van der Waals surface area contributed by atoms with Gasteiger partial charge in [0.05, 0.1) is 5.56 Å². The third-order valence-corrected chi connectivity index (χ3v) is 4.17. The van der Waals surface area contributed by atoms with Crippen LogP contribution in [0.5, 0.6) is 5.75 Å². The largest absolute Gasteiger partial charge is 0.434 e. The van der Waals surface area contributed by atoms with E-state index in [4.69, 9.17) is 0 Å². The number of hydrogen-bond donors (Lipinski definition) is 2. The summed E-state index contributed by atoms with van der Waals surface area (Å²) < 4.78 is 29.4. The lowest BCUT2D eigenvalue weighted by atomic mass is 10.1. The molecule has 0 saturated heterocycles. The number of para-hydroxylation sites is 1. The molecule has 6 heteroatoms. The molecule has 3 aromatic rings. The van der Waals surface area contributed by atoms with E-state index in [1.54, 1.807) is 18.2 Å². The third-order valence-electron chi connectivity index (χ3n) is 4.17. The van der Waals surface area contributed by atoms with Crippen molar-refractivity contribution < 1.29 is 18.3 Å². The Morgan fingerprint density at radius 1 is 0.857 bits per heavy atom. The van der Waals surface area contributed by atoms with E-state index < -0.39 is 12.5 Å². The number of benzene rings is 3. The lowest BCUT2D eigenvalue weighted by Crippen LogP contribution is -2.15. The molecule has 0 aliphatic rings. The summed E-state index contributed by atoms with van der Waals surface area (Å²) in [7, 11) is 0. The number of halogens is 2. The fourth-order valence-corrected chi connectivity index (χ4v) is 2.78. The van der Waals surface area contributed by atoms with Gasteiger partial charge in [-0.3, -0.25) is 4.79 Å². The molecule has 1 amide bonds. The average Bonchev–Trinajstić information content (AvgIpc) is 2.70. The maximum atomic E-state index is 12.5. The second kappa shape index (κ2) is 8.99. The maximum Gasteiger partial charge on any atom is 0.387 e. The summed E-state index contributed by atoms with van der Waals surface area (Å²) in [5.74, 6) is -0.681. The van der Waals surface area contributed by atoms with Gasteiger partial charge in [-0.05, 0) is 48.9 Å². The zero-order valence-corrected chi connectivity index (χ0v) is 15.2. The van der Waals surface area contributed by atoms with E-state index in [2.05, 4.69) is 22.3 Å². The van der Waals surface area contributed by atoms with Crippen LogP contribution in [-0.4, -0.2) is 12.5 Å². The topological polar surface area (TPSA) is 50.4 Å². The molecule has 0 heterocycles. The fourth-order valence-electron chi connectivity index (χ4n) is 2.78. The van der Waals surface area contributed by atoms with Crippen molar-refractivity contribution in [1.82, 2.24) is 0 Å². The van der Waals surface area contributed by atoms with Crippen molar-refractivity contribution in [2.45, 2.75) is 19.6 Å². The van der Waals surface area contributed by atoms with Crippen LogP contribution in [0.15, 0.2) is 78.9 Å². The summed E-state index contributed by atoms with van der Waals surface area (Å²) in [5, 5.41) is 6.08. The second-order valence-electron chi connectivity index (χ2n) is 6.18. The van der Waals surface area contributed by atoms with Gasteiger partial charge in [0.15, 0.2) is 0 Å². The van der Waals surface area contributed by atoms with E-state index in [1.807, 2.05) is 42.5 Å². The van der Waals surface area contributed by atoms with E-state index in [-0.39, 0.29) is 17.4 Å². The molecule has 0 bridgehead atoms. The number of anilines is 2. The molecule has 3 aromatic carbocycles. The van der Waals surface area contributed by atoms with Crippen LogP contribution in [-0.2, 0) is 0 Å². The van der Waals surface area contributed by atoms with Crippen molar-refractivity contribution in [3.63, 3.8) is 0 Å². The van der Waals surface area contributed by atoms with Crippen molar-refractivity contribution >= 4 is 17.3 Å². The fraction of sp³-hybridized carbons (Fsp3) is 0.136. The highest BCUT2D eigenvalue weighted by atomic mass is 19.3. The molecule has 1 atom stereocenters. The minimum atomic E-state index is -2.99. The first-order chi connectivity index (χ1) is 13.5. The summed E-state index contributed by atoms with van der Waals surface area (Å²) in [4.78, 5) is 12.4. The van der Waals surface area contributed by atoms with Gasteiger partial charge in [-0.2, -0.15) is 8.78 Å². The lowest BCUT2D eigenvalue weighted by molar-refractivity contribution is -0.0501. The molecule has 28 heavy (non-hydrogen) atoms. The van der Waals surface area contributed by atoms with E-state index in [9.17, 15) is 13.6 Å². The molecule has 0 aliphatic carbocycles. The van der Waals surface area contributed by atoms with Gasteiger partial charge in [0.2, 0.25) is 0 Å². The highest BCUT2D eigenvalue weighted by Gasteiger charge is 2.15. The van der Waals surface area contributed by atoms with Crippen LogP contribution in [0.4, 0.5) is 20.2 Å². The monoisotopic (exact) mass is 382 g/mol. The van der Waals surface area contributed by atoms with Crippen molar-refractivity contribution in [3.05, 3.63) is 90.0 Å². The summed E-state index contributed by atoms with van der Waals surface area (Å²) in [6.07, 6.45) is 0. The van der Waals surface area contributed by atoms with E-state index in [1.165, 1.54) is 18.2 Å². The average molecular weight is 382 g/mol. The van der Waals surface area contributed by atoms with Gasteiger partial charge in [-0.25, -0.2) is 0 Å². The first kappa shape index (κ1) is 19.4. The zero-order valence-electron chi connectivity index (χ0n) is 15.2. The number of rotatable bonds is 7. The molecule has 0 fully saturated rings. The third kappa shape index (κ3) is 5.07. The standard InChI is InChI=1S/C22H20F2N2O2/c1-15(16-7-3-2-4-8-16)25-17-11-13-18(14-12-17)26-21(27)19-9-5-6-10-20(19)28-22(23)24/h2-15,22,25H,1H3,(H,26,27). The van der Waals surface area contributed by atoms with Crippen LogP contribution in [0.1, 0.15) is 28.9 Å². The predicted molar refractivity (Wildman–Crippen MR) is 106 cm³/mol. The van der Waals surface area contributed by atoms with E-state index in [0.717, 1.165) is 11.3 Å². The van der Waals surface area contributed by atoms with Crippen molar-refractivity contribution in [2.75, 3.05) is 10.6 Å². The smallest absolute Gasteiger partial charge is 0.387 e. The van der Waals surface area contributed by atoms with E-state index in [0.29, 0.717) is 5.69 Å². The normalized spacial score (nSPS) is 11.7. The Bertz CT molecular complexity index is 915. The van der Waals surface area contributed by atoms with Gasteiger partial charge < -0.3 is 15.4 Å². The number of amides is 1. The molecule has 3 rings (SSSR count). The molecule has 0 saturated carbocycles. The number of ether oxygens (including phenoxy) is 1. The highest BCUT2D eigenvalue weighted by molar-refractivity contribution is 6.06. The molecular weight excluding hydrogens is 362 g/mol. The molecule has 0 aromatic heterocycles. The molecule has 1 unspecified atom stereocenters. The van der Waals surface area contributed by atoms with Crippen molar-refractivity contribution in [1.29, 1.82) is 0 Å². The molecule has 2 N–H and O–H groups in total. The molecule has 0 aliphatic heterocycles. The minimum Gasteiger partial charge on any atom is -0.434 e. The second-order valence-corrected chi connectivity index (χ2v) is 6.18. The van der Waals surface area contributed by atoms with Gasteiger partial charge in [0.25, 0.3) is 5.91 Å². The van der Waals surface area contributed by atoms with Crippen molar-refractivity contribution in [3.8, 4) is 5.75 Å². The Labute approximate surface area is 162 Å². The first-order valence-corrected chi connectivity index (χ1v) is 8.79. The van der Waals surface area contributed by atoms with Gasteiger partial charge in [-0.15, -0.1) is 0 Å². The lowest BCUT2D eigenvalue weighted by Gasteiger charge is -2.16. The quantitative estimate of drug-likeness (QED) is 0.550. The van der Waals surface area contributed by atoms with Gasteiger partial charge >= 0.3 is 6.61 Å². The number of carbonyl (C=O) groups excluding carboxylic acids is 1. The van der Waals surface area contributed by atoms with Gasteiger partial charge in [0.1, 0.15) is 5.75 Å². The summed E-state index contributed by atoms with van der Waals surface area (Å²) >= 11 is 0. The van der Waals surface area contributed by atoms with Gasteiger partial charge in [-0.1, -0.05) is 42.5 Å². The minimum absolute atomic E-state index is 0.0442. The van der Waals surface area contributed by atoms with Crippen LogP contribution in [0, 0.1) is 0 Å². The Morgan fingerprint density at radius 2 is 1.46 bits per heavy atom. The maximum absolute atomic E-state index is 12.5. The summed E-state index contributed by atoms with van der Waals surface area (Å²) in [5.41, 5.74) is 2.66. The van der Waals surface area contributed by atoms with Crippen LogP contribution >= 0.6 is 0 Å². The predicted octanol–water partition coefficient (Wildman–Crippen LogP) is 5.71. The number of alkyl halides is 2. The number of nitrogens with one attached hydrogen (secondary N) is 2. The number of hydrogen-bond acceptors (Lipinski definition) is 3. The highest BCUT2D eigenvalue weighted by Crippen LogP contribution is 2.23. The Morgan fingerprint density at radius 3 is 2.14 bits per heavy atom. The van der Waals surface area contributed by atoms with E-state index >= 15 is 0 Å². The van der Waals surface area contributed by atoms with Gasteiger partial charge in [0, 0.05) is 17.4 Å². The zero-order chi connectivity index (χ0) is 19.9. The number of carbonyl (C=O) groups is 1. The SMILES string of the molecule is CC(Nc1ccc(NC(=O)c2ccccc2OC(F)F)cc1)c1ccccc1. The Balaban J connectivity index is 1.65. The molecule has 0 radical (unpaired) electrons. The van der Waals surface area contributed by atoms with Crippen LogP contribution in [0.2, 0.25) is 0 Å². The summed E-state index contributed by atoms with van der Waals surface area (Å²) in [6, 6.07) is 23.2. The Hall–Kier alpha value is -3.41. The molecule has 4 nitrogen and oxygen atoms in total. The molecule has 144 valence electrons. The molecular formula is C22H20F2N2O2. The summed E-state index contributed by atoms with van der Waals surface area (Å²) in [6.45, 7) is -0.934. The first-order valence-electron chi connectivity index (χ1n) is 8.79. The Kier molecular flexibility index (Phi) is 6.22. The van der Waals surface area contributed by atoms with Crippen LogP contribution in [0.25, 0.3) is 0 Å². The molecule has 0 spiro atoms. The van der Waals surface area contributed by atoms with Crippen molar-refractivity contribution in [2.24, 2.45) is 0 Å². The van der Waals surface area contributed by atoms with Crippen LogP contribution < -0.4 is 15.4 Å².